The molecule has 1 amide bonds. The molecule has 1 atom stereocenters. The molecule has 0 aromatic carbocycles. The molecule has 19 heavy (non-hydrogen) atoms. The van der Waals surface area contributed by atoms with E-state index < -0.39 is 0 Å². The fourth-order valence-electron chi connectivity index (χ4n) is 2.59. The van der Waals surface area contributed by atoms with Crippen molar-refractivity contribution in [2.45, 2.75) is 45.1 Å². The summed E-state index contributed by atoms with van der Waals surface area (Å²) in [6.45, 7) is 2.96. The molecule has 0 aliphatic carbocycles. The number of piperidine rings is 1. The second-order valence-electron chi connectivity index (χ2n) is 4.87. The molecule has 1 aromatic rings. The van der Waals surface area contributed by atoms with Crippen molar-refractivity contribution in [3.63, 3.8) is 0 Å². The van der Waals surface area contributed by atoms with Crippen LogP contribution in [0.15, 0.2) is 12.4 Å². The van der Waals surface area contributed by atoms with E-state index in [4.69, 9.17) is 5.84 Å². The Bertz CT molecular complexity index is 435. The van der Waals surface area contributed by atoms with Crippen molar-refractivity contribution in [1.29, 1.82) is 0 Å². The summed E-state index contributed by atoms with van der Waals surface area (Å²) in [7, 11) is 0. The lowest BCUT2D eigenvalue weighted by atomic mass is 9.98. The Balaban J connectivity index is 2.16. The van der Waals surface area contributed by atoms with Crippen molar-refractivity contribution < 1.29 is 4.79 Å². The summed E-state index contributed by atoms with van der Waals surface area (Å²) in [6.07, 6.45) is 8.48. The van der Waals surface area contributed by atoms with E-state index in [9.17, 15) is 4.79 Å². The predicted octanol–water partition coefficient (Wildman–Crippen LogP) is 1.56. The molecule has 0 spiro atoms. The van der Waals surface area contributed by atoms with Crippen LogP contribution < -0.4 is 11.3 Å². The molecule has 0 bridgehead atoms. The third kappa shape index (κ3) is 3.20. The first-order valence-electron chi connectivity index (χ1n) is 6.86. The van der Waals surface area contributed by atoms with E-state index in [0.29, 0.717) is 17.6 Å². The third-order valence-electron chi connectivity index (χ3n) is 3.51. The van der Waals surface area contributed by atoms with Crippen LogP contribution in [0.5, 0.6) is 0 Å². The summed E-state index contributed by atoms with van der Waals surface area (Å²) in [6, 6.07) is 0.336. The zero-order valence-electron chi connectivity index (χ0n) is 11.3. The number of carbonyl (C=O) groups excluding carboxylic acids is 1. The first-order valence-corrected chi connectivity index (χ1v) is 6.86. The summed E-state index contributed by atoms with van der Waals surface area (Å²) in [5, 5.41) is 0. The fraction of sp³-hybridized carbons (Fsp3) is 0.615. The lowest BCUT2D eigenvalue weighted by Crippen LogP contribution is -2.44. The Kier molecular flexibility index (Phi) is 4.68. The van der Waals surface area contributed by atoms with Crippen LogP contribution in [0.3, 0.4) is 0 Å². The number of hydrogen-bond acceptors (Lipinski definition) is 5. The number of rotatable bonds is 4. The molecule has 6 heteroatoms. The molecule has 6 nitrogen and oxygen atoms in total. The van der Waals surface area contributed by atoms with Gasteiger partial charge in [-0.1, -0.05) is 13.3 Å². The second-order valence-corrected chi connectivity index (χ2v) is 4.87. The number of nitrogens with two attached hydrogens (primary N) is 1. The molecule has 2 rings (SSSR count). The van der Waals surface area contributed by atoms with Crippen molar-refractivity contribution in [3.8, 4) is 0 Å². The minimum Gasteiger partial charge on any atom is -0.334 e. The number of hydrazine groups is 1. The molecule has 0 saturated carbocycles. The molecule has 1 unspecified atom stereocenters. The van der Waals surface area contributed by atoms with Gasteiger partial charge in [0.15, 0.2) is 5.82 Å². The average Bonchev–Trinajstić information content (AvgIpc) is 2.47. The molecule has 1 aliphatic rings. The number of aromatic nitrogens is 2. The molecular formula is C13H21N5O. The Morgan fingerprint density at radius 2 is 2.37 bits per heavy atom. The highest BCUT2D eigenvalue weighted by Crippen LogP contribution is 2.22. The van der Waals surface area contributed by atoms with Gasteiger partial charge in [-0.3, -0.25) is 9.78 Å². The van der Waals surface area contributed by atoms with Gasteiger partial charge in [0.2, 0.25) is 0 Å². The van der Waals surface area contributed by atoms with E-state index >= 15 is 0 Å². The molecule has 0 radical (unpaired) electrons. The van der Waals surface area contributed by atoms with Gasteiger partial charge in [-0.2, -0.15) is 0 Å². The predicted molar refractivity (Wildman–Crippen MR) is 73.4 cm³/mol. The number of carbonyl (C=O) groups is 1. The highest BCUT2D eigenvalue weighted by molar-refractivity contribution is 5.92. The van der Waals surface area contributed by atoms with E-state index in [2.05, 4.69) is 22.3 Å². The number of hydrogen-bond donors (Lipinski definition) is 2. The van der Waals surface area contributed by atoms with Crippen molar-refractivity contribution >= 4 is 11.7 Å². The maximum absolute atomic E-state index is 12.5. The van der Waals surface area contributed by atoms with Crippen LogP contribution in [0, 0.1) is 0 Å². The molecule has 3 N–H and O–H groups in total. The number of likely N-dealkylation sites (tertiary alicyclic amines) is 1. The van der Waals surface area contributed by atoms with E-state index in [1.807, 2.05) is 4.90 Å². The van der Waals surface area contributed by atoms with Gasteiger partial charge in [0.25, 0.3) is 5.91 Å². The van der Waals surface area contributed by atoms with Crippen LogP contribution in [0.25, 0.3) is 0 Å². The number of nitrogens with zero attached hydrogens (tertiary/aromatic N) is 3. The topological polar surface area (TPSA) is 84.1 Å². The van der Waals surface area contributed by atoms with Crippen molar-refractivity contribution in [3.05, 3.63) is 18.1 Å². The molecule has 1 saturated heterocycles. The van der Waals surface area contributed by atoms with Gasteiger partial charge in [0.1, 0.15) is 5.69 Å². The van der Waals surface area contributed by atoms with Crippen molar-refractivity contribution in [2.24, 2.45) is 5.84 Å². The molecular weight excluding hydrogens is 242 g/mol. The van der Waals surface area contributed by atoms with Gasteiger partial charge in [-0.05, 0) is 25.7 Å². The van der Waals surface area contributed by atoms with Gasteiger partial charge in [-0.15, -0.1) is 0 Å². The van der Waals surface area contributed by atoms with Gasteiger partial charge in [0, 0.05) is 12.6 Å². The second kappa shape index (κ2) is 6.47. The van der Waals surface area contributed by atoms with Crippen LogP contribution in [0.4, 0.5) is 5.82 Å². The minimum atomic E-state index is -0.0391. The van der Waals surface area contributed by atoms with Crippen LogP contribution in [-0.4, -0.2) is 33.4 Å². The molecule has 1 aromatic heterocycles. The van der Waals surface area contributed by atoms with E-state index in [1.165, 1.54) is 18.8 Å². The summed E-state index contributed by atoms with van der Waals surface area (Å²) in [5.41, 5.74) is 2.78. The quantitative estimate of drug-likeness (QED) is 0.636. The summed E-state index contributed by atoms with van der Waals surface area (Å²) in [4.78, 5) is 22.6. The standard InChI is InChI=1S/C13H21N5O/c1-2-5-10-6-3-4-7-18(10)13(19)11-8-15-9-12(16-11)17-14/h8-10H,2-7,14H2,1H3,(H,16,17). The Hall–Kier alpha value is -1.69. The van der Waals surface area contributed by atoms with E-state index in [1.54, 1.807) is 0 Å². The molecule has 1 fully saturated rings. The lowest BCUT2D eigenvalue weighted by molar-refractivity contribution is 0.0594. The van der Waals surface area contributed by atoms with Gasteiger partial charge in [0.05, 0.1) is 12.4 Å². The first kappa shape index (κ1) is 13.7. The largest absolute Gasteiger partial charge is 0.334 e. The highest BCUT2D eigenvalue weighted by atomic mass is 16.2. The van der Waals surface area contributed by atoms with Crippen LogP contribution >= 0.6 is 0 Å². The van der Waals surface area contributed by atoms with Gasteiger partial charge in [-0.25, -0.2) is 10.8 Å². The summed E-state index contributed by atoms with van der Waals surface area (Å²) in [5.74, 6) is 5.67. The highest BCUT2D eigenvalue weighted by Gasteiger charge is 2.27. The van der Waals surface area contributed by atoms with Crippen LogP contribution in [0.2, 0.25) is 0 Å². The van der Waals surface area contributed by atoms with Crippen molar-refractivity contribution in [2.75, 3.05) is 12.0 Å². The van der Waals surface area contributed by atoms with Gasteiger partial charge < -0.3 is 10.3 Å². The SMILES string of the molecule is CCCC1CCCCN1C(=O)c1cncc(NN)n1. The third-order valence-corrected chi connectivity index (χ3v) is 3.51. The van der Waals surface area contributed by atoms with E-state index in [0.717, 1.165) is 32.2 Å². The number of anilines is 1. The number of amides is 1. The average molecular weight is 263 g/mol. The minimum absolute atomic E-state index is 0.0391. The molecule has 1 aliphatic heterocycles. The molecule has 104 valence electrons. The normalized spacial score (nSPS) is 19.3. The number of nitrogen functional groups attached to an aromatic ring is 1. The first-order chi connectivity index (χ1) is 9.26. The summed E-state index contributed by atoms with van der Waals surface area (Å²) >= 11 is 0. The zero-order valence-corrected chi connectivity index (χ0v) is 11.3. The monoisotopic (exact) mass is 263 g/mol. The summed E-state index contributed by atoms with van der Waals surface area (Å²) < 4.78 is 0. The Morgan fingerprint density at radius 3 is 3.11 bits per heavy atom. The van der Waals surface area contributed by atoms with Crippen LogP contribution in [0.1, 0.15) is 49.5 Å². The Labute approximate surface area is 113 Å². The van der Waals surface area contributed by atoms with E-state index in [-0.39, 0.29) is 5.91 Å². The fourth-order valence-corrected chi connectivity index (χ4v) is 2.59. The van der Waals surface area contributed by atoms with Crippen molar-refractivity contribution in [1.82, 2.24) is 14.9 Å². The van der Waals surface area contributed by atoms with Gasteiger partial charge >= 0.3 is 0 Å². The molecule has 2 heterocycles. The Morgan fingerprint density at radius 1 is 1.53 bits per heavy atom. The number of nitrogens with one attached hydrogen (secondary N) is 1. The lowest BCUT2D eigenvalue weighted by Gasteiger charge is -2.35. The maximum Gasteiger partial charge on any atom is 0.274 e. The maximum atomic E-state index is 12.5. The smallest absolute Gasteiger partial charge is 0.274 e. The van der Waals surface area contributed by atoms with Crippen LogP contribution in [-0.2, 0) is 0 Å². The zero-order chi connectivity index (χ0) is 13.7.